The van der Waals surface area contributed by atoms with Gasteiger partial charge in [0.05, 0.1) is 16.3 Å². The van der Waals surface area contributed by atoms with Crippen molar-refractivity contribution >= 4 is 35.0 Å². The zero-order valence-electron chi connectivity index (χ0n) is 10.5. The monoisotopic (exact) mass is 311 g/mol. The predicted molar refractivity (Wildman–Crippen MR) is 77.2 cm³/mol. The zero-order valence-corrected chi connectivity index (χ0v) is 12.1. The van der Waals surface area contributed by atoms with Crippen molar-refractivity contribution in [1.82, 2.24) is 14.9 Å². The highest BCUT2D eigenvalue weighted by atomic mass is 32.2. The number of amides is 1. The molecule has 0 saturated heterocycles. The van der Waals surface area contributed by atoms with Crippen LogP contribution in [-0.4, -0.2) is 38.8 Å². The number of carboxylic acids is 1. The molecule has 0 radical (unpaired) electrons. The van der Waals surface area contributed by atoms with Crippen molar-refractivity contribution in [3.63, 3.8) is 0 Å². The summed E-state index contributed by atoms with van der Waals surface area (Å²) in [6.45, 7) is 0.939. The first-order valence-electron chi connectivity index (χ1n) is 5.83. The summed E-state index contributed by atoms with van der Waals surface area (Å²) in [4.78, 5) is 26.0. The molecule has 0 aliphatic carbocycles. The van der Waals surface area contributed by atoms with Gasteiger partial charge in [-0.25, -0.2) is 9.78 Å². The Morgan fingerprint density at radius 3 is 3.00 bits per heavy atom. The molecule has 106 valence electrons. The van der Waals surface area contributed by atoms with Gasteiger partial charge in [-0.1, -0.05) is 6.07 Å². The Labute approximate surface area is 123 Å². The third-order valence-corrected chi connectivity index (χ3v) is 4.52. The molecule has 2 rings (SSSR count). The highest BCUT2D eigenvalue weighted by Gasteiger charge is 2.07. The van der Waals surface area contributed by atoms with Crippen LogP contribution in [0.2, 0.25) is 0 Å². The smallest absolute Gasteiger partial charge is 0.356 e. The number of hydrogen-bond acceptors (Lipinski definition) is 5. The minimum absolute atomic E-state index is 0.00424. The predicted octanol–water partition coefficient (Wildman–Crippen LogP) is 1.55. The molecule has 0 atom stereocenters. The topological polar surface area (TPSA) is 84.2 Å². The zero-order chi connectivity index (χ0) is 14.4. The van der Waals surface area contributed by atoms with E-state index in [4.69, 9.17) is 5.11 Å². The van der Waals surface area contributed by atoms with Gasteiger partial charge in [-0.15, -0.1) is 23.1 Å². The lowest BCUT2D eigenvalue weighted by Crippen LogP contribution is -2.28. The fraction of sp³-hybridized carbons (Fsp3) is 0.250. The second-order valence-corrected chi connectivity index (χ2v) is 6.10. The van der Waals surface area contributed by atoms with Crippen LogP contribution >= 0.6 is 23.1 Å². The van der Waals surface area contributed by atoms with Crippen LogP contribution in [0.25, 0.3) is 0 Å². The van der Waals surface area contributed by atoms with Gasteiger partial charge in [0.15, 0.2) is 5.69 Å². The Kier molecular flexibility index (Phi) is 5.19. The van der Waals surface area contributed by atoms with Gasteiger partial charge in [0.2, 0.25) is 5.91 Å². The van der Waals surface area contributed by atoms with Gasteiger partial charge < -0.3 is 15.0 Å². The van der Waals surface area contributed by atoms with E-state index in [2.05, 4.69) is 10.3 Å². The minimum atomic E-state index is -1.06. The first-order valence-corrected chi connectivity index (χ1v) is 7.70. The van der Waals surface area contributed by atoms with Crippen molar-refractivity contribution in [2.24, 2.45) is 0 Å². The van der Waals surface area contributed by atoms with Gasteiger partial charge in [-0.3, -0.25) is 4.79 Å². The number of imidazole rings is 1. The van der Waals surface area contributed by atoms with E-state index in [0.717, 1.165) is 4.21 Å². The average Bonchev–Trinajstić information content (AvgIpc) is 3.07. The van der Waals surface area contributed by atoms with Crippen LogP contribution in [-0.2, 0) is 11.3 Å². The Bertz CT molecular complexity index is 581. The second kappa shape index (κ2) is 7.11. The molecule has 2 aromatic heterocycles. The van der Waals surface area contributed by atoms with E-state index in [1.165, 1.54) is 24.3 Å². The van der Waals surface area contributed by atoms with E-state index in [1.807, 2.05) is 17.5 Å². The summed E-state index contributed by atoms with van der Waals surface area (Å²) in [7, 11) is 0. The maximum Gasteiger partial charge on any atom is 0.356 e. The minimum Gasteiger partial charge on any atom is -0.476 e. The highest BCUT2D eigenvalue weighted by molar-refractivity contribution is 8.01. The Hall–Kier alpha value is -1.80. The lowest BCUT2D eigenvalue weighted by Gasteiger charge is -2.05. The number of carboxylic acid groups (broad SMARTS) is 1. The van der Waals surface area contributed by atoms with Crippen LogP contribution in [0, 0.1) is 0 Å². The molecule has 20 heavy (non-hydrogen) atoms. The van der Waals surface area contributed by atoms with Gasteiger partial charge >= 0.3 is 5.97 Å². The molecule has 2 N–H and O–H groups in total. The number of aromatic nitrogens is 2. The summed E-state index contributed by atoms with van der Waals surface area (Å²) in [6.07, 6.45) is 2.88. The summed E-state index contributed by atoms with van der Waals surface area (Å²) in [5.41, 5.74) is 0.00424. The summed E-state index contributed by atoms with van der Waals surface area (Å²) >= 11 is 3.11. The Balaban J connectivity index is 1.67. The maximum atomic E-state index is 11.6. The van der Waals surface area contributed by atoms with Gasteiger partial charge in [-0.05, 0) is 11.4 Å². The summed E-state index contributed by atoms with van der Waals surface area (Å²) in [5, 5.41) is 13.5. The number of carbonyl (C=O) groups is 2. The van der Waals surface area contributed by atoms with Gasteiger partial charge in [0.1, 0.15) is 0 Å². The molecular formula is C12H13N3O3S2. The number of rotatable bonds is 7. The molecule has 0 saturated carbocycles. The third kappa shape index (κ3) is 4.39. The SMILES string of the molecule is O=C(CSc1cccs1)NCCn1cnc(C(=O)O)c1. The van der Waals surface area contributed by atoms with E-state index in [9.17, 15) is 9.59 Å². The van der Waals surface area contributed by atoms with E-state index < -0.39 is 5.97 Å². The van der Waals surface area contributed by atoms with Crippen molar-refractivity contribution in [2.45, 2.75) is 10.8 Å². The lowest BCUT2D eigenvalue weighted by atomic mass is 10.5. The number of carbonyl (C=O) groups excluding carboxylic acids is 1. The molecule has 0 aromatic carbocycles. The van der Waals surface area contributed by atoms with E-state index in [-0.39, 0.29) is 11.6 Å². The van der Waals surface area contributed by atoms with Crippen LogP contribution in [0.15, 0.2) is 34.2 Å². The third-order valence-electron chi connectivity index (χ3n) is 2.39. The fourth-order valence-electron chi connectivity index (χ4n) is 1.45. The molecule has 0 unspecified atom stereocenters. The molecule has 2 heterocycles. The quantitative estimate of drug-likeness (QED) is 0.758. The molecule has 0 aliphatic rings. The number of thioether (sulfide) groups is 1. The Morgan fingerprint density at radius 2 is 2.35 bits per heavy atom. The molecule has 0 aliphatic heterocycles. The summed E-state index contributed by atoms with van der Waals surface area (Å²) in [5.74, 6) is -0.715. The first-order chi connectivity index (χ1) is 9.65. The lowest BCUT2D eigenvalue weighted by molar-refractivity contribution is -0.118. The van der Waals surface area contributed by atoms with Crippen LogP contribution < -0.4 is 5.32 Å². The van der Waals surface area contributed by atoms with Crippen LogP contribution in [0.3, 0.4) is 0 Å². The Morgan fingerprint density at radius 1 is 1.50 bits per heavy atom. The van der Waals surface area contributed by atoms with Gasteiger partial charge in [0.25, 0.3) is 0 Å². The van der Waals surface area contributed by atoms with Gasteiger partial charge in [0, 0.05) is 19.3 Å². The first kappa shape index (κ1) is 14.6. The molecule has 1 amide bonds. The van der Waals surface area contributed by atoms with Gasteiger partial charge in [-0.2, -0.15) is 0 Å². The number of thiophene rings is 1. The van der Waals surface area contributed by atoms with Crippen LogP contribution in [0.1, 0.15) is 10.5 Å². The molecule has 0 fully saturated rings. The average molecular weight is 311 g/mol. The number of aromatic carboxylic acids is 1. The standard InChI is InChI=1S/C12H13N3O3S2/c16-10(7-20-11-2-1-5-19-11)13-3-4-15-6-9(12(17)18)14-8-15/h1-2,5-6,8H,3-4,7H2,(H,13,16)(H,17,18). The highest BCUT2D eigenvalue weighted by Crippen LogP contribution is 2.22. The molecular weight excluding hydrogens is 298 g/mol. The molecule has 0 bridgehead atoms. The van der Waals surface area contributed by atoms with Crippen LogP contribution in [0.5, 0.6) is 0 Å². The molecule has 2 aromatic rings. The number of nitrogens with zero attached hydrogens (tertiary/aromatic N) is 2. The van der Waals surface area contributed by atoms with Crippen molar-refractivity contribution in [2.75, 3.05) is 12.3 Å². The largest absolute Gasteiger partial charge is 0.476 e. The maximum absolute atomic E-state index is 11.6. The van der Waals surface area contributed by atoms with E-state index in [1.54, 1.807) is 15.9 Å². The fourth-order valence-corrected chi connectivity index (χ4v) is 3.06. The van der Waals surface area contributed by atoms with E-state index in [0.29, 0.717) is 18.8 Å². The van der Waals surface area contributed by atoms with Crippen molar-refractivity contribution in [3.8, 4) is 0 Å². The van der Waals surface area contributed by atoms with Crippen molar-refractivity contribution in [3.05, 3.63) is 35.7 Å². The molecule has 0 spiro atoms. The number of nitrogens with one attached hydrogen (secondary N) is 1. The van der Waals surface area contributed by atoms with Crippen LogP contribution in [0.4, 0.5) is 0 Å². The normalized spacial score (nSPS) is 10.4. The summed E-state index contributed by atoms with van der Waals surface area (Å²) in [6, 6.07) is 3.92. The molecule has 6 nitrogen and oxygen atoms in total. The second-order valence-electron chi connectivity index (χ2n) is 3.87. The summed E-state index contributed by atoms with van der Waals surface area (Å²) < 4.78 is 2.75. The van der Waals surface area contributed by atoms with Crippen molar-refractivity contribution < 1.29 is 14.7 Å². The molecule has 8 heteroatoms. The van der Waals surface area contributed by atoms with Crippen molar-refractivity contribution in [1.29, 1.82) is 0 Å². The number of hydrogen-bond donors (Lipinski definition) is 2. The van der Waals surface area contributed by atoms with E-state index >= 15 is 0 Å².